The van der Waals surface area contributed by atoms with Gasteiger partial charge in [-0.3, -0.25) is 5.84 Å². The standard InChI is InChI=1S/C12H10BrF2N3O/c13-6-3-7(14)12-9(10(6)15)11(18-16)5-4-19-2-1-8(5)17-12/h3H,1-2,4,16H2,(H,17,18). The summed E-state index contributed by atoms with van der Waals surface area (Å²) >= 11 is 2.98. The second-order valence-corrected chi connectivity index (χ2v) is 5.09. The molecule has 3 N–H and O–H groups in total. The van der Waals surface area contributed by atoms with Gasteiger partial charge in [0.25, 0.3) is 0 Å². The second-order valence-electron chi connectivity index (χ2n) is 4.24. The molecule has 1 aromatic carbocycles. The molecule has 0 atom stereocenters. The molecule has 0 amide bonds. The highest BCUT2D eigenvalue weighted by Gasteiger charge is 2.23. The number of aromatic nitrogens is 1. The normalized spacial score (nSPS) is 14.5. The zero-order valence-electron chi connectivity index (χ0n) is 9.77. The molecule has 0 saturated carbocycles. The van der Waals surface area contributed by atoms with E-state index in [1.165, 1.54) is 0 Å². The third-order valence-corrected chi connectivity index (χ3v) is 3.74. The van der Waals surface area contributed by atoms with Gasteiger partial charge in [-0.25, -0.2) is 13.8 Å². The molecular formula is C12H10BrF2N3O. The van der Waals surface area contributed by atoms with Gasteiger partial charge >= 0.3 is 0 Å². The fourth-order valence-electron chi connectivity index (χ4n) is 2.29. The highest BCUT2D eigenvalue weighted by atomic mass is 79.9. The van der Waals surface area contributed by atoms with Crippen LogP contribution in [0.2, 0.25) is 0 Å². The zero-order chi connectivity index (χ0) is 13.6. The van der Waals surface area contributed by atoms with E-state index in [9.17, 15) is 8.78 Å². The van der Waals surface area contributed by atoms with Crippen LogP contribution in [-0.2, 0) is 17.8 Å². The molecule has 0 bridgehead atoms. The predicted octanol–water partition coefficient (Wildman–Crippen LogP) is 2.63. The number of ether oxygens (including phenoxy) is 1. The summed E-state index contributed by atoms with van der Waals surface area (Å²) in [6.07, 6.45) is 0.553. The Kier molecular flexibility index (Phi) is 3.12. The van der Waals surface area contributed by atoms with Gasteiger partial charge < -0.3 is 10.2 Å². The van der Waals surface area contributed by atoms with Crippen LogP contribution in [0.3, 0.4) is 0 Å². The molecule has 0 radical (unpaired) electrons. The predicted molar refractivity (Wildman–Crippen MR) is 70.5 cm³/mol. The fourth-order valence-corrected chi connectivity index (χ4v) is 2.68. The minimum absolute atomic E-state index is 0.0192. The molecule has 100 valence electrons. The van der Waals surface area contributed by atoms with Crippen LogP contribution in [0, 0.1) is 11.6 Å². The Labute approximate surface area is 116 Å². The first-order valence-corrected chi connectivity index (χ1v) is 6.46. The molecule has 1 aliphatic heterocycles. The Hall–Kier alpha value is -1.31. The van der Waals surface area contributed by atoms with Crippen LogP contribution in [0.4, 0.5) is 14.5 Å². The first-order chi connectivity index (χ1) is 9.13. The highest BCUT2D eigenvalue weighted by molar-refractivity contribution is 9.10. The number of fused-ring (bicyclic) bond motifs is 2. The summed E-state index contributed by atoms with van der Waals surface area (Å²) in [5.41, 5.74) is 4.12. The maximum absolute atomic E-state index is 14.2. The lowest BCUT2D eigenvalue weighted by atomic mass is 10.0. The van der Waals surface area contributed by atoms with Crippen molar-refractivity contribution in [1.82, 2.24) is 4.98 Å². The van der Waals surface area contributed by atoms with Crippen molar-refractivity contribution in [3.63, 3.8) is 0 Å². The number of pyridine rings is 1. The maximum atomic E-state index is 14.2. The minimum atomic E-state index is -0.592. The Morgan fingerprint density at radius 3 is 2.95 bits per heavy atom. The van der Waals surface area contributed by atoms with Gasteiger partial charge in [0.2, 0.25) is 0 Å². The van der Waals surface area contributed by atoms with E-state index in [1.54, 1.807) is 0 Å². The summed E-state index contributed by atoms with van der Waals surface area (Å²) < 4.78 is 33.5. The summed E-state index contributed by atoms with van der Waals surface area (Å²) in [5.74, 6) is 4.29. The van der Waals surface area contributed by atoms with Gasteiger partial charge in [-0.05, 0) is 22.0 Å². The van der Waals surface area contributed by atoms with Gasteiger partial charge in [0.1, 0.15) is 11.3 Å². The molecule has 2 heterocycles. The van der Waals surface area contributed by atoms with Crippen molar-refractivity contribution in [2.45, 2.75) is 13.0 Å². The van der Waals surface area contributed by atoms with Gasteiger partial charge in [0, 0.05) is 12.0 Å². The highest BCUT2D eigenvalue weighted by Crippen LogP contribution is 2.36. The van der Waals surface area contributed by atoms with Crippen molar-refractivity contribution in [3.8, 4) is 0 Å². The molecule has 4 nitrogen and oxygen atoms in total. The zero-order valence-corrected chi connectivity index (χ0v) is 11.4. The summed E-state index contributed by atoms with van der Waals surface area (Å²) in [5, 5.41) is 0.0404. The molecule has 0 unspecified atom stereocenters. The molecule has 0 aliphatic carbocycles. The molecular weight excluding hydrogens is 320 g/mol. The van der Waals surface area contributed by atoms with Gasteiger partial charge in [0.15, 0.2) is 5.82 Å². The van der Waals surface area contributed by atoms with E-state index in [2.05, 4.69) is 26.3 Å². The number of nitrogens with one attached hydrogen (secondary N) is 1. The molecule has 19 heavy (non-hydrogen) atoms. The van der Waals surface area contributed by atoms with E-state index in [-0.39, 0.29) is 22.0 Å². The third kappa shape index (κ3) is 1.89. The van der Waals surface area contributed by atoms with Crippen LogP contribution in [0.15, 0.2) is 10.5 Å². The first kappa shape index (κ1) is 12.7. The Morgan fingerprint density at radius 1 is 1.42 bits per heavy atom. The molecule has 3 rings (SSSR count). The number of anilines is 1. The Bertz CT molecular complexity index is 678. The summed E-state index contributed by atoms with van der Waals surface area (Å²) in [7, 11) is 0. The van der Waals surface area contributed by atoms with Crippen LogP contribution < -0.4 is 11.3 Å². The van der Waals surface area contributed by atoms with Crippen molar-refractivity contribution in [2.24, 2.45) is 5.84 Å². The lowest BCUT2D eigenvalue weighted by Gasteiger charge is -2.21. The van der Waals surface area contributed by atoms with E-state index in [4.69, 9.17) is 10.6 Å². The van der Waals surface area contributed by atoms with Crippen molar-refractivity contribution in [2.75, 3.05) is 12.0 Å². The number of nitrogens with two attached hydrogens (primary N) is 1. The van der Waals surface area contributed by atoms with Crippen LogP contribution >= 0.6 is 15.9 Å². The van der Waals surface area contributed by atoms with Crippen LogP contribution in [-0.4, -0.2) is 11.6 Å². The summed E-state index contributed by atoms with van der Waals surface area (Å²) in [6.45, 7) is 0.793. The largest absolute Gasteiger partial charge is 0.376 e. The molecule has 1 aromatic heterocycles. The average molecular weight is 330 g/mol. The number of halogens is 3. The smallest absolute Gasteiger partial charge is 0.150 e. The van der Waals surface area contributed by atoms with Gasteiger partial charge in [0.05, 0.1) is 34.5 Å². The number of hydrogen-bond acceptors (Lipinski definition) is 4. The van der Waals surface area contributed by atoms with E-state index in [1.807, 2.05) is 0 Å². The SMILES string of the molecule is NNc1c2c(nc3c(F)cc(Br)c(F)c13)CCOC2. The van der Waals surface area contributed by atoms with Gasteiger partial charge in [-0.2, -0.15) is 0 Å². The average Bonchev–Trinajstić information content (AvgIpc) is 2.42. The van der Waals surface area contributed by atoms with Crippen LogP contribution in [0.5, 0.6) is 0 Å². The van der Waals surface area contributed by atoms with E-state index < -0.39 is 11.6 Å². The molecule has 0 spiro atoms. The monoisotopic (exact) mass is 329 g/mol. The molecule has 0 fully saturated rings. The number of nitrogens with zero attached hydrogens (tertiary/aromatic N) is 1. The number of hydrazine groups is 1. The number of benzene rings is 1. The number of hydrogen-bond donors (Lipinski definition) is 2. The van der Waals surface area contributed by atoms with E-state index >= 15 is 0 Å². The van der Waals surface area contributed by atoms with Gasteiger partial charge in [-0.1, -0.05) is 0 Å². The summed E-state index contributed by atoms with van der Waals surface area (Å²) in [4.78, 5) is 4.21. The second kappa shape index (κ2) is 4.66. The summed E-state index contributed by atoms with van der Waals surface area (Å²) in [6, 6.07) is 1.07. The first-order valence-electron chi connectivity index (χ1n) is 5.66. The van der Waals surface area contributed by atoms with Gasteiger partial charge in [-0.15, -0.1) is 0 Å². The molecule has 7 heteroatoms. The lowest BCUT2D eigenvalue weighted by Crippen LogP contribution is -2.18. The molecule has 1 aliphatic rings. The topological polar surface area (TPSA) is 60.2 Å². The van der Waals surface area contributed by atoms with E-state index in [0.717, 1.165) is 6.07 Å². The minimum Gasteiger partial charge on any atom is -0.376 e. The Morgan fingerprint density at radius 2 is 2.21 bits per heavy atom. The fraction of sp³-hybridized carbons (Fsp3) is 0.250. The molecule has 2 aromatic rings. The number of rotatable bonds is 1. The quantitative estimate of drug-likeness (QED) is 0.479. The third-order valence-electron chi connectivity index (χ3n) is 3.17. The maximum Gasteiger partial charge on any atom is 0.150 e. The number of nitrogen functional groups attached to an aromatic ring is 1. The van der Waals surface area contributed by atoms with Crippen molar-refractivity contribution in [1.29, 1.82) is 0 Å². The van der Waals surface area contributed by atoms with Crippen molar-refractivity contribution >= 4 is 32.5 Å². The van der Waals surface area contributed by atoms with E-state index in [0.29, 0.717) is 30.0 Å². The van der Waals surface area contributed by atoms with Crippen LogP contribution in [0.25, 0.3) is 10.9 Å². The Balaban J connectivity index is 2.47. The van der Waals surface area contributed by atoms with Crippen LogP contribution in [0.1, 0.15) is 11.3 Å². The van der Waals surface area contributed by atoms with Crippen molar-refractivity contribution in [3.05, 3.63) is 33.4 Å². The lowest BCUT2D eigenvalue weighted by molar-refractivity contribution is 0.110. The molecule has 0 saturated heterocycles. The van der Waals surface area contributed by atoms with Crippen molar-refractivity contribution < 1.29 is 13.5 Å².